The molecule has 2 fully saturated rings. The second kappa shape index (κ2) is 4.40. The Kier molecular flexibility index (Phi) is 2.87. The quantitative estimate of drug-likeness (QED) is 0.666. The molecule has 1 aliphatic carbocycles. The molecule has 3 nitrogen and oxygen atoms in total. The molecule has 92 valence electrons. The third-order valence-corrected chi connectivity index (χ3v) is 4.29. The van der Waals surface area contributed by atoms with Crippen LogP contribution in [0.1, 0.15) is 18.4 Å². The maximum Gasteiger partial charge on any atom is 0.266 e. The van der Waals surface area contributed by atoms with Crippen LogP contribution in [0, 0.1) is 0 Å². The van der Waals surface area contributed by atoms with Crippen LogP contribution in [0.5, 0.6) is 5.75 Å². The first-order chi connectivity index (χ1) is 8.66. The van der Waals surface area contributed by atoms with Gasteiger partial charge in [-0.3, -0.25) is 9.69 Å². The zero-order valence-corrected chi connectivity index (χ0v) is 11.1. The topological polar surface area (TPSA) is 40.5 Å². The average molecular weight is 277 g/mol. The van der Waals surface area contributed by atoms with Crippen molar-refractivity contribution in [1.29, 1.82) is 0 Å². The zero-order valence-electron chi connectivity index (χ0n) is 9.50. The molecule has 5 heteroatoms. The highest BCUT2D eigenvalue weighted by atomic mass is 32.2. The van der Waals surface area contributed by atoms with Gasteiger partial charge >= 0.3 is 0 Å². The molecule has 0 atom stereocenters. The van der Waals surface area contributed by atoms with Crippen molar-refractivity contribution in [2.24, 2.45) is 0 Å². The van der Waals surface area contributed by atoms with Crippen molar-refractivity contribution in [1.82, 2.24) is 4.90 Å². The van der Waals surface area contributed by atoms with E-state index in [1.807, 2.05) is 6.07 Å². The van der Waals surface area contributed by atoms with Crippen molar-refractivity contribution >= 4 is 40.3 Å². The van der Waals surface area contributed by atoms with Gasteiger partial charge in [0, 0.05) is 11.6 Å². The maximum absolute atomic E-state index is 12.2. The lowest BCUT2D eigenvalue weighted by atomic mass is 10.2. The van der Waals surface area contributed by atoms with Crippen molar-refractivity contribution in [2.75, 3.05) is 0 Å². The number of para-hydroxylation sites is 1. The van der Waals surface area contributed by atoms with Gasteiger partial charge in [0.1, 0.15) is 10.1 Å². The van der Waals surface area contributed by atoms with Gasteiger partial charge in [-0.15, -0.1) is 0 Å². The van der Waals surface area contributed by atoms with Gasteiger partial charge in [-0.1, -0.05) is 42.2 Å². The summed E-state index contributed by atoms with van der Waals surface area (Å²) in [5.41, 5.74) is 0.647. The lowest BCUT2D eigenvalue weighted by Gasteiger charge is -2.11. The molecule has 1 saturated carbocycles. The van der Waals surface area contributed by atoms with E-state index in [0.29, 0.717) is 20.8 Å². The van der Waals surface area contributed by atoms with Crippen LogP contribution in [0.4, 0.5) is 0 Å². The van der Waals surface area contributed by atoms with Crippen molar-refractivity contribution in [3.63, 3.8) is 0 Å². The molecule has 1 heterocycles. The number of carbonyl (C=O) groups is 1. The number of amides is 1. The number of carbonyl (C=O) groups excluding carboxylic acids is 1. The molecule has 2 aliphatic rings. The van der Waals surface area contributed by atoms with E-state index in [1.165, 1.54) is 11.8 Å². The summed E-state index contributed by atoms with van der Waals surface area (Å²) in [7, 11) is 0. The Labute approximate surface area is 114 Å². The Morgan fingerprint density at radius 3 is 2.78 bits per heavy atom. The number of rotatable bonds is 2. The van der Waals surface area contributed by atoms with Crippen LogP contribution in [-0.4, -0.2) is 26.3 Å². The van der Waals surface area contributed by atoms with Gasteiger partial charge in [-0.25, -0.2) is 0 Å². The summed E-state index contributed by atoms with van der Waals surface area (Å²) in [6.45, 7) is 0. The largest absolute Gasteiger partial charge is 0.507 e. The van der Waals surface area contributed by atoms with Crippen LogP contribution in [0.2, 0.25) is 0 Å². The van der Waals surface area contributed by atoms with Crippen LogP contribution in [0.15, 0.2) is 29.2 Å². The Bertz CT molecular complexity index is 564. The first-order valence-corrected chi connectivity index (χ1v) is 6.94. The van der Waals surface area contributed by atoms with E-state index in [-0.39, 0.29) is 11.7 Å². The molecule has 0 aromatic heterocycles. The smallest absolute Gasteiger partial charge is 0.266 e. The molecule has 1 amide bonds. The molecule has 0 unspecified atom stereocenters. The molecule has 1 saturated heterocycles. The molecular formula is C13H11NO2S2. The number of phenols is 1. The summed E-state index contributed by atoms with van der Waals surface area (Å²) in [4.78, 5) is 14.5. The predicted octanol–water partition coefficient (Wildman–Crippen LogP) is 2.76. The molecule has 3 rings (SSSR count). The van der Waals surface area contributed by atoms with E-state index in [1.54, 1.807) is 29.2 Å². The molecule has 1 aromatic carbocycles. The van der Waals surface area contributed by atoms with Gasteiger partial charge in [0.15, 0.2) is 0 Å². The van der Waals surface area contributed by atoms with Crippen molar-refractivity contribution < 1.29 is 9.90 Å². The molecule has 1 aliphatic heterocycles. The highest BCUT2D eigenvalue weighted by Crippen LogP contribution is 2.40. The Balaban J connectivity index is 1.92. The van der Waals surface area contributed by atoms with E-state index < -0.39 is 0 Å². The Morgan fingerprint density at radius 1 is 1.39 bits per heavy atom. The monoisotopic (exact) mass is 277 g/mol. The second-order valence-corrected chi connectivity index (χ2v) is 6.02. The highest BCUT2D eigenvalue weighted by Gasteiger charge is 2.41. The number of thioether (sulfide) groups is 1. The summed E-state index contributed by atoms with van der Waals surface area (Å²) in [5, 5.41) is 9.70. The third kappa shape index (κ3) is 2.04. The van der Waals surface area contributed by atoms with Crippen LogP contribution in [0.25, 0.3) is 6.08 Å². The number of thiocarbonyl (C=S) groups is 1. The molecule has 1 N–H and O–H groups in total. The van der Waals surface area contributed by atoms with Gasteiger partial charge in [0.25, 0.3) is 5.91 Å². The normalized spacial score (nSPS) is 22.0. The van der Waals surface area contributed by atoms with E-state index >= 15 is 0 Å². The summed E-state index contributed by atoms with van der Waals surface area (Å²) < 4.78 is 0.629. The zero-order chi connectivity index (χ0) is 12.7. The molecule has 0 radical (unpaired) electrons. The summed E-state index contributed by atoms with van der Waals surface area (Å²) >= 11 is 6.54. The lowest BCUT2D eigenvalue weighted by Crippen LogP contribution is -2.30. The highest BCUT2D eigenvalue weighted by molar-refractivity contribution is 8.26. The number of hydrogen-bond acceptors (Lipinski definition) is 4. The first kappa shape index (κ1) is 11.7. The second-order valence-electron chi connectivity index (χ2n) is 4.34. The molecule has 1 aromatic rings. The van der Waals surface area contributed by atoms with Gasteiger partial charge in [-0.2, -0.15) is 0 Å². The third-order valence-electron chi connectivity index (χ3n) is 2.96. The van der Waals surface area contributed by atoms with Gasteiger partial charge < -0.3 is 5.11 Å². The minimum atomic E-state index is -0.0317. The van der Waals surface area contributed by atoms with E-state index in [9.17, 15) is 9.90 Å². The molecule has 18 heavy (non-hydrogen) atoms. The maximum atomic E-state index is 12.2. The van der Waals surface area contributed by atoms with Crippen molar-refractivity contribution in [3.8, 4) is 5.75 Å². The van der Waals surface area contributed by atoms with Crippen LogP contribution >= 0.6 is 24.0 Å². The van der Waals surface area contributed by atoms with E-state index in [4.69, 9.17) is 12.2 Å². The summed E-state index contributed by atoms with van der Waals surface area (Å²) in [6.07, 6.45) is 3.78. The number of nitrogens with zero attached hydrogens (tertiary/aromatic N) is 1. The fraction of sp³-hybridized carbons (Fsp3) is 0.231. The van der Waals surface area contributed by atoms with Gasteiger partial charge in [0.05, 0.1) is 4.91 Å². The lowest BCUT2D eigenvalue weighted by molar-refractivity contribution is -0.122. The van der Waals surface area contributed by atoms with Crippen molar-refractivity contribution in [2.45, 2.75) is 18.9 Å². The summed E-state index contributed by atoms with van der Waals surface area (Å²) in [6, 6.07) is 7.26. The molecule has 0 spiro atoms. The average Bonchev–Trinajstić information content (AvgIpc) is 3.11. The fourth-order valence-electron chi connectivity index (χ4n) is 1.88. The van der Waals surface area contributed by atoms with Crippen LogP contribution < -0.4 is 0 Å². The first-order valence-electron chi connectivity index (χ1n) is 5.72. The van der Waals surface area contributed by atoms with Gasteiger partial charge in [-0.05, 0) is 25.0 Å². The van der Waals surface area contributed by atoms with Gasteiger partial charge in [0.2, 0.25) is 0 Å². The van der Waals surface area contributed by atoms with Crippen molar-refractivity contribution in [3.05, 3.63) is 34.7 Å². The molecular weight excluding hydrogens is 266 g/mol. The number of phenolic OH excluding ortho intramolecular Hbond substituents is 1. The number of benzene rings is 1. The number of aromatic hydroxyl groups is 1. The standard InChI is InChI=1S/C13H11NO2S2/c15-10-4-2-1-3-8(10)7-11-12(16)14(9-5-6-9)13(17)18-11/h1-4,7,9,15H,5-6H2. The number of hydrogen-bond donors (Lipinski definition) is 1. The Hall–Kier alpha value is -1.33. The SMILES string of the molecule is O=C1C(=Cc2ccccc2O)SC(=S)N1C1CC1. The fourth-order valence-corrected chi connectivity index (χ4v) is 3.27. The molecule has 0 bridgehead atoms. The predicted molar refractivity (Wildman–Crippen MR) is 76.1 cm³/mol. The minimum Gasteiger partial charge on any atom is -0.507 e. The van der Waals surface area contributed by atoms with Crippen LogP contribution in [0.3, 0.4) is 0 Å². The van der Waals surface area contributed by atoms with E-state index in [2.05, 4.69) is 0 Å². The Morgan fingerprint density at radius 2 is 2.11 bits per heavy atom. The minimum absolute atomic E-state index is 0.0317. The summed E-state index contributed by atoms with van der Waals surface area (Å²) in [5.74, 6) is 0.143. The van der Waals surface area contributed by atoms with E-state index in [0.717, 1.165) is 12.8 Å². The van der Waals surface area contributed by atoms with Crippen LogP contribution in [-0.2, 0) is 4.79 Å².